The van der Waals surface area contributed by atoms with E-state index in [9.17, 15) is 0 Å². The van der Waals surface area contributed by atoms with E-state index in [-0.39, 0.29) is 6.04 Å². The van der Waals surface area contributed by atoms with Gasteiger partial charge >= 0.3 is 0 Å². The van der Waals surface area contributed by atoms with Gasteiger partial charge in [0.15, 0.2) is 0 Å². The lowest BCUT2D eigenvalue weighted by Crippen LogP contribution is -2.23. The monoisotopic (exact) mass is 227 g/mol. The average Bonchev–Trinajstić information content (AvgIpc) is 2.81. The van der Waals surface area contributed by atoms with Gasteiger partial charge in [0, 0.05) is 26.9 Å². The highest BCUT2D eigenvalue weighted by Gasteiger charge is 2.05. The molecule has 0 fully saturated rings. The van der Waals surface area contributed by atoms with E-state index in [0.717, 1.165) is 38.5 Å². The Bertz CT molecular complexity index is 249. The van der Waals surface area contributed by atoms with Crippen molar-refractivity contribution in [3.05, 3.63) is 24.2 Å². The maximum Gasteiger partial charge on any atom is 0.120 e. The highest BCUT2D eigenvalue weighted by atomic mass is 16.5. The minimum absolute atomic E-state index is 0.234. The summed E-state index contributed by atoms with van der Waals surface area (Å²) in [6.07, 6.45) is 2.64. The fraction of sp³-hybridized carbons (Fsp3) is 0.667. The van der Waals surface area contributed by atoms with Gasteiger partial charge in [0.1, 0.15) is 5.76 Å². The first kappa shape index (κ1) is 13.2. The zero-order chi connectivity index (χ0) is 11.6. The van der Waals surface area contributed by atoms with Crippen molar-refractivity contribution in [3.63, 3.8) is 0 Å². The normalized spacial score (nSPS) is 12.9. The molecule has 0 bridgehead atoms. The third-order valence-corrected chi connectivity index (χ3v) is 2.30. The first-order chi connectivity index (χ1) is 7.84. The van der Waals surface area contributed by atoms with E-state index >= 15 is 0 Å². The van der Waals surface area contributed by atoms with Crippen LogP contribution in [0.25, 0.3) is 0 Å². The van der Waals surface area contributed by atoms with E-state index in [1.54, 1.807) is 13.4 Å². The summed E-state index contributed by atoms with van der Waals surface area (Å²) in [4.78, 5) is 0. The van der Waals surface area contributed by atoms with Gasteiger partial charge in [-0.2, -0.15) is 0 Å². The van der Waals surface area contributed by atoms with E-state index in [4.69, 9.17) is 13.9 Å². The van der Waals surface area contributed by atoms with Gasteiger partial charge in [-0.3, -0.25) is 0 Å². The Hall–Kier alpha value is -0.840. The Morgan fingerprint density at radius 2 is 2.25 bits per heavy atom. The summed E-state index contributed by atoms with van der Waals surface area (Å²) in [5.74, 6) is 0.958. The molecule has 0 radical (unpaired) electrons. The summed E-state index contributed by atoms with van der Waals surface area (Å²) in [5.41, 5.74) is 0. The van der Waals surface area contributed by atoms with Crippen LogP contribution in [0.1, 0.15) is 25.1 Å². The molecule has 0 aliphatic carbocycles. The molecule has 92 valence electrons. The van der Waals surface area contributed by atoms with Crippen molar-refractivity contribution in [3.8, 4) is 0 Å². The van der Waals surface area contributed by atoms with Crippen LogP contribution < -0.4 is 5.32 Å². The molecule has 0 unspecified atom stereocenters. The van der Waals surface area contributed by atoms with Gasteiger partial charge in [0.05, 0.1) is 18.9 Å². The standard InChI is InChI=1S/C12H21NO3/c1-11(12-5-3-9-16-12)13-6-10-15-8-4-7-14-2/h3,5,9,11,13H,4,6-8,10H2,1-2H3/t11-/m1/s1. The van der Waals surface area contributed by atoms with E-state index in [1.807, 2.05) is 12.1 Å². The first-order valence-corrected chi connectivity index (χ1v) is 5.68. The van der Waals surface area contributed by atoms with Crippen molar-refractivity contribution < 1.29 is 13.9 Å². The van der Waals surface area contributed by atoms with Crippen molar-refractivity contribution in [2.45, 2.75) is 19.4 Å². The predicted octanol–water partition coefficient (Wildman–Crippen LogP) is 1.98. The number of furan rings is 1. The lowest BCUT2D eigenvalue weighted by atomic mass is 10.2. The van der Waals surface area contributed by atoms with Crippen molar-refractivity contribution in [1.82, 2.24) is 5.32 Å². The van der Waals surface area contributed by atoms with Crippen molar-refractivity contribution in [2.75, 3.05) is 33.5 Å². The Morgan fingerprint density at radius 1 is 1.38 bits per heavy atom. The molecule has 0 amide bonds. The lowest BCUT2D eigenvalue weighted by molar-refractivity contribution is 0.103. The van der Waals surface area contributed by atoms with Gasteiger partial charge in [-0.15, -0.1) is 0 Å². The minimum Gasteiger partial charge on any atom is -0.468 e. The van der Waals surface area contributed by atoms with Crippen LogP contribution in [0.5, 0.6) is 0 Å². The summed E-state index contributed by atoms with van der Waals surface area (Å²) >= 11 is 0. The highest BCUT2D eigenvalue weighted by Crippen LogP contribution is 2.11. The SMILES string of the molecule is COCCCOCCN[C@H](C)c1ccco1. The topological polar surface area (TPSA) is 43.6 Å². The molecule has 1 aromatic rings. The number of rotatable bonds is 9. The molecule has 1 N–H and O–H groups in total. The minimum atomic E-state index is 0.234. The highest BCUT2D eigenvalue weighted by molar-refractivity contribution is 5.02. The van der Waals surface area contributed by atoms with E-state index in [1.165, 1.54) is 0 Å². The van der Waals surface area contributed by atoms with Gasteiger partial charge in [0.25, 0.3) is 0 Å². The fourth-order valence-corrected chi connectivity index (χ4v) is 1.39. The second-order valence-corrected chi connectivity index (χ2v) is 3.65. The number of hydrogen-bond donors (Lipinski definition) is 1. The summed E-state index contributed by atoms with van der Waals surface area (Å²) < 4.78 is 15.6. The molecule has 0 aliphatic heterocycles. The molecule has 4 heteroatoms. The number of ether oxygens (including phenoxy) is 2. The number of nitrogens with one attached hydrogen (secondary N) is 1. The molecule has 0 aliphatic rings. The van der Waals surface area contributed by atoms with Gasteiger partial charge in [0.2, 0.25) is 0 Å². The average molecular weight is 227 g/mol. The van der Waals surface area contributed by atoms with Crippen LogP contribution in [0.15, 0.2) is 22.8 Å². The van der Waals surface area contributed by atoms with Crippen LogP contribution in [0, 0.1) is 0 Å². The molecule has 0 saturated carbocycles. The van der Waals surface area contributed by atoms with E-state index in [2.05, 4.69) is 12.2 Å². The second-order valence-electron chi connectivity index (χ2n) is 3.65. The summed E-state index contributed by atoms with van der Waals surface area (Å²) in [5, 5.41) is 3.33. The predicted molar refractivity (Wildman–Crippen MR) is 62.4 cm³/mol. The Balaban J connectivity index is 1.95. The van der Waals surface area contributed by atoms with E-state index in [0.29, 0.717) is 0 Å². The van der Waals surface area contributed by atoms with Crippen LogP contribution in [0.3, 0.4) is 0 Å². The molecule has 0 spiro atoms. The third kappa shape index (κ3) is 5.30. The van der Waals surface area contributed by atoms with Gasteiger partial charge in [-0.25, -0.2) is 0 Å². The molecular weight excluding hydrogens is 206 g/mol. The van der Waals surface area contributed by atoms with Crippen molar-refractivity contribution in [2.24, 2.45) is 0 Å². The van der Waals surface area contributed by atoms with Gasteiger partial charge in [-0.1, -0.05) is 0 Å². The van der Waals surface area contributed by atoms with Crippen LogP contribution in [-0.4, -0.2) is 33.5 Å². The Morgan fingerprint density at radius 3 is 2.94 bits per heavy atom. The van der Waals surface area contributed by atoms with Crippen molar-refractivity contribution in [1.29, 1.82) is 0 Å². The molecule has 1 aromatic heterocycles. The third-order valence-electron chi connectivity index (χ3n) is 2.30. The number of methoxy groups -OCH3 is 1. The zero-order valence-electron chi connectivity index (χ0n) is 10.1. The largest absolute Gasteiger partial charge is 0.468 e. The molecular formula is C12H21NO3. The van der Waals surface area contributed by atoms with Crippen LogP contribution in [0.4, 0.5) is 0 Å². The second kappa shape index (κ2) is 8.33. The van der Waals surface area contributed by atoms with E-state index < -0.39 is 0 Å². The Kier molecular flexibility index (Phi) is 6.88. The molecule has 1 rings (SSSR count). The molecule has 0 saturated heterocycles. The van der Waals surface area contributed by atoms with Crippen LogP contribution in [0.2, 0.25) is 0 Å². The molecule has 1 atom stereocenters. The fourth-order valence-electron chi connectivity index (χ4n) is 1.39. The summed E-state index contributed by atoms with van der Waals surface area (Å²) in [6, 6.07) is 4.10. The molecule has 1 heterocycles. The zero-order valence-corrected chi connectivity index (χ0v) is 10.1. The molecule has 0 aromatic carbocycles. The lowest BCUT2D eigenvalue weighted by Gasteiger charge is -2.11. The van der Waals surface area contributed by atoms with Crippen LogP contribution in [-0.2, 0) is 9.47 Å². The maximum atomic E-state index is 5.43. The molecule has 16 heavy (non-hydrogen) atoms. The summed E-state index contributed by atoms with van der Waals surface area (Å²) in [7, 11) is 1.70. The van der Waals surface area contributed by atoms with Gasteiger partial charge < -0.3 is 19.2 Å². The number of hydrogen-bond acceptors (Lipinski definition) is 4. The smallest absolute Gasteiger partial charge is 0.120 e. The molecule has 4 nitrogen and oxygen atoms in total. The summed E-state index contributed by atoms with van der Waals surface area (Å²) in [6.45, 7) is 5.13. The Labute approximate surface area is 96.9 Å². The quantitative estimate of drug-likeness (QED) is 0.655. The first-order valence-electron chi connectivity index (χ1n) is 5.68. The maximum absolute atomic E-state index is 5.43. The van der Waals surface area contributed by atoms with Crippen molar-refractivity contribution >= 4 is 0 Å². The van der Waals surface area contributed by atoms with Crippen LogP contribution >= 0.6 is 0 Å². The van der Waals surface area contributed by atoms with Gasteiger partial charge in [-0.05, 0) is 25.5 Å².